The quantitative estimate of drug-likeness (QED) is 0.659. The molecular formula is C13H28N2. The van der Waals surface area contributed by atoms with E-state index in [0.717, 1.165) is 12.0 Å². The van der Waals surface area contributed by atoms with E-state index in [4.69, 9.17) is 0 Å². The Hall–Kier alpha value is -0.0800. The fraction of sp³-hybridized carbons (Fsp3) is 1.00. The highest BCUT2D eigenvalue weighted by Gasteiger charge is 2.27. The molecule has 2 aliphatic heterocycles. The lowest BCUT2D eigenvalue weighted by Gasteiger charge is -2.34. The van der Waals surface area contributed by atoms with Gasteiger partial charge in [0.1, 0.15) is 0 Å². The van der Waals surface area contributed by atoms with E-state index >= 15 is 0 Å². The van der Waals surface area contributed by atoms with Crippen LogP contribution in [-0.2, 0) is 0 Å². The topological polar surface area (TPSA) is 6.48 Å². The number of hydrogen-bond donors (Lipinski definition) is 0. The average molecular weight is 212 g/mol. The molecule has 2 rings (SSSR count). The molecule has 0 aromatic rings. The molecule has 0 amide bonds. The first-order valence-electron chi connectivity index (χ1n) is 6.68. The maximum Gasteiger partial charge on any atom is 0.0235 e. The van der Waals surface area contributed by atoms with Gasteiger partial charge in [0.2, 0.25) is 0 Å². The second-order valence-electron chi connectivity index (χ2n) is 4.92. The Bertz CT molecular complexity index is 162. The van der Waals surface area contributed by atoms with Crippen LogP contribution in [0.15, 0.2) is 0 Å². The predicted molar refractivity (Wildman–Crippen MR) is 67.2 cm³/mol. The van der Waals surface area contributed by atoms with Gasteiger partial charge in [0, 0.05) is 12.6 Å². The Labute approximate surface area is 95.6 Å². The molecule has 0 radical (unpaired) electrons. The van der Waals surface area contributed by atoms with Crippen molar-refractivity contribution in [3.05, 3.63) is 0 Å². The Balaban J connectivity index is 0.000000531. The van der Waals surface area contributed by atoms with Crippen LogP contribution < -0.4 is 0 Å². The van der Waals surface area contributed by atoms with Crippen molar-refractivity contribution in [2.24, 2.45) is 5.92 Å². The van der Waals surface area contributed by atoms with Gasteiger partial charge in [-0.3, -0.25) is 4.90 Å². The molecule has 2 heteroatoms. The number of hydrogen-bond acceptors (Lipinski definition) is 2. The molecule has 2 aliphatic rings. The van der Waals surface area contributed by atoms with Crippen LogP contribution >= 0.6 is 0 Å². The van der Waals surface area contributed by atoms with Gasteiger partial charge in [-0.2, -0.15) is 0 Å². The van der Waals surface area contributed by atoms with Crippen molar-refractivity contribution < 1.29 is 0 Å². The summed E-state index contributed by atoms with van der Waals surface area (Å²) in [5, 5.41) is 0. The number of likely N-dealkylation sites (tertiary alicyclic amines) is 2. The molecule has 0 aromatic heterocycles. The molecule has 0 aliphatic carbocycles. The van der Waals surface area contributed by atoms with Crippen LogP contribution in [0, 0.1) is 5.92 Å². The molecule has 2 nitrogen and oxygen atoms in total. The van der Waals surface area contributed by atoms with Gasteiger partial charge in [0.05, 0.1) is 0 Å². The zero-order valence-electron chi connectivity index (χ0n) is 11.0. The van der Waals surface area contributed by atoms with Gasteiger partial charge in [0.15, 0.2) is 0 Å². The van der Waals surface area contributed by atoms with Crippen LogP contribution in [0.5, 0.6) is 0 Å². The van der Waals surface area contributed by atoms with Crippen molar-refractivity contribution in [3.8, 4) is 0 Å². The highest BCUT2D eigenvalue weighted by Crippen LogP contribution is 2.22. The third-order valence-electron chi connectivity index (χ3n) is 3.70. The summed E-state index contributed by atoms with van der Waals surface area (Å²) in [5.74, 6) is 0.968. The Morgan fingerprint density at radius 1 is 0.933 bits per heavy atom. The van der Waals surface area contributed by atoms with Crippen molar-refractivity contribution in [1.29, 1.82) is 0 Å². The van der Waals surface area contributed by atoms with Gasteiger partial charge in [-0.1, -0.05) is 20.8 Å². The highest BCUT2D eigenvalue weighted by molar-refractivity contribution is 4.84. The minimum Gasteiger partial charge on any atom is -0.305 e. The van der Waals surface area contributed by atoms with Crippen molar-refractivity contribution in [2.45, 2.75) is 46.1 Å². The molecule has 90 valence electrons. The SMILES string of the molecule is CC.CC1CCN([C@@H]2CCN(C)C2)CC1. The highest BCUT2D eigenvalue weighted by atomic mass is 15.2. The van der Waals surface area contributed by atoms with E-state index in [-0.39, 0.29) is 0 Å². The molecule has 1 atom stereocenters. The molecule has 0 bridgehead atoms. The maximum atomic E-state index is 2.71. The number of likely N-dealkylation sites (N-methyl/N-ethyl adjacent to an activating group) is 1. The molecule has 0 N–H and O–H groups in total. The third-order valence-corrected chi connectivity index (χ3v) is 3.70. The lowest BCUT2D eigenvalue weighted by atomic mass is 9.98. The largest absolute Gasteiger partial charge is 0.305 e. The van der Waals surface area contributed by atoms with E-state index in [2.05, 4.69) is 23.8 Å². The van der Waals surface area contributed by atoms with Crippen LogP contribution in [0.2, 0.25) is 0 Å². The second-order valence-corrected chi connectivity index (χ2v) is 4.92. The molecule has 0 saturated carbocycles. The van der Waals surface area contributed by atoms with Crippen LogP contribution in [0.1, 0.15) is 40.0 Å². The van der Waals surface area contributed by atoms with E-state index in [1.165, 1.54) is 45.4 Å². The zero-order chi connectivity index (χ0) is 11.3. The fourth-order valence-electron chi connectivity index (χ4n) is 2.60. The van der Waals surface area contributed by atoms with Crippen LogP contribution in [-0.4, -0.2) is 49.1 Å². The van der Waals surface area contributed by atoms with Crippen molar-refractivity contribution in [1.82, 2.24) is 9.80 Å². The van der Waals surface area contributed by atoms with Gasteiger partial charge in [-0.15, -0.1) is 0 Å². The minimum atomic E-state index is 0.873. The molecule has 0 spiro atoms. The van der Waals surface area contributed by atoms with E-state index in [9.17, 15) is 0 Å². The summed E-state index contributed by atoms with van der Waals surface area (Å²) in [6.45, 7) is 11.7. The number of nitrogens with zero attached hydrogens (tertiary/aromatic N) is 2. The first-order chi connectivity index (χ1) is 7.25. The lowest BCUT2D eigenvalue weighted by Crippen LogP contribution is -2.42. The van der Waals surface area contributed by atoms with Gasteiger partial charge in [-0.25, -0.2) is 0 Å². The standard InChI is InChI=1S/C11H22N2.C2H6/c1-10-3-7-13(8-4-10)11-5-6-12(2)9-11;1-2/h10-11H,3-9H2,1-2H3;1-2H3/t11-;/m1./s1. The normalized spacial score (nSPS) is 30.0. The predicted octanol–water partition coefficient (Wildman–Crippen LogP) is 2.45. The summed E-state index contributed by atoms with van der Waals surface area (Å²) in [4.78, 5) is 5.17. The molecule has 0 unspecified atom stereocenters. The molecule has 2 heterocycles. The molecular weight excluding hydrogens is 184 g/mol. The monoisotopic (exact) mass is 212 g/mol. The lowest BCUT2D eigenvalue weighted by molar-refractivity contribution is 0.140. The summed E-state index contributed by atoms with van der Waals surface area (Å²) in [5.41, 5.74) is 0. The van der Waals surface area contributed by atoms with E-state index in [1.54, 1.807) is 0 Å². The average Bonchev–Trinajstić information content (AvgIpc) is 2.69. The molecule has 2 fully saturated rings. The van der Waals surface area contributed by atoms with Crippen molar-refractivity contribution in [3.63, 3.8) is 0 Å². The van der Waals surface area contributed by atoms with Gasteiger partial charge < -0.3 is 4.90 Å². The fourth-order valence-corrected chi connectivity index (χ4v) is 2.60. The van der Waals surface area contributed by atoms with E-state index < -0.39 is 0 Å². The first kappa shape index (κ1) is 13.0. The first-order valence-corrected chi connectivity index (χ1v) is 6.68. The Morgan fingerprint density at radius 3 is 2.00 bits per heavy atom. The summed E-state index contributed by atoms with van der Waals surface area (Å²) in [6, 6.07) is 0.873. The van der Waals surface area contributed by atoms with E-state index in [1.807, 2.05) is 13.8 Å². The van der Waals surface area contributed by atoms with Gasteiger partial charge in [0.25, 0.3) is 0 Å². The van der Waals surface area contributed by atoms with Crippen LogP contribution in [0.25, 0.3) is 0 Å². The maximum absolute atomic E-state index is 2.71. The molecule has 0 aromatic carbocycles. The van der Waals surface area contributed by atoms with E-state index in [0.29, 0.717) is 0 Å². The van der Waals surface area contributed by atoms with Gasteiger partial charge >= 0.3 is 0 Å². The van der Waals surface area contributed by atoms with Crippen molar-refractivity contribution in [2.75, 3.05) is 33.2 Å². The summed E-state index contributed by atoms with van der Waals surface area (Å²) >= 11 is 0. The smallest absolute Gasteiger partial charge is 0.0235 e. The van der Waals surface area contributed by atoms with Crippen molar-refractivity contribution >= 4 is 0 Å². The van der Waals surface area contributed by atoms with Crippen LogP contribution in [0.4, 0.5) is 0 Å². The van der Waals surface area contributed by atoms with Crippen LogP contribution in [0.3, 0.4) is 0 Å². The number of rotatable bonds is 1. The third kappa shape index (κ3) is 3.76. The van der Waals surface area contributed by atoms with Gasteiger partial charge in [-0.05, 0) is 51.9 Å². The summed E-state index contributed by atoms with van der Waals surface area (Å²) in [6.07, 6.45) is 4.23. The summed E-state index contributed by atoms with van der Waals surface area (Å²) in [7, 11) is 2.24. The molecule has 2 saturated heterocycles. The Kier molecular flexibility index (Phi) is 5.62. The summed E-state index contributed by atoms with van der Waals surface area (Å²) < 4.78 is 0. The molecule has 15 heavy (non-hydrogen) atoms. The zero-order valence-corrected chi connectivity index (χ0v) is 11.0. The Morgan fingerprint density at radius 2 is 1.53 bits per heavy atom. The minimum absolute atomic E-state index is 0.873. The number of piperidine rings is 1. The second kappa shape index (κ2) is 6.49.